The van der Waals surface area contributed by atoms with Crippen LogP contribution in [0.3, 0.4) is 0 Å². The fraction of sp³-hybridized carbons (Fsp3) is 0.500. The van der Waals surface area contributed by atoms with Crippen LogP contribution in [-0.4, -0.2) is 29.4 Å². The molecule has 86 valence electrons. The molecule has 2 rings (SSSR count). The van der Waals surface area contributed by atoms with Crippen LogP contribution < -0.4 is 4.74 Å². The summed E-state index contributed by atoms with van der Waals surface area (Å²) in [5.74, 6) is 2.70. The molecule has 0 N–H and O–H groups in total. The number of aryl methyl sites for hydroxylation is 2. The number of aromatic nitrogens is 1. The van der Waals surface area contributed by atoms with Crippen molar-refractivity contribution in [3.8, 4) is 5.88 Å². The Morgan fingerprint density at radius 3 is 2.88 bits per heavy atom. The van der Waals surface area contributed by atoms with E-state index in [0.717, 1.165) is 30.0 Å². The van der Waals surface area contributed by atoms with E-state index in [0.29, 0.717) is 11.4 Å². The van der Waals surface area contributed by atoms with Gasteiger partial charge in [0, 0.05) is 5.69 Å². The first-order valence-corrected chi connectivity index (χ1v) is 6.53. The number of hydrogen-bond donors (Lipinski definition) is 0. The second kappa shape index (κ2) is 4.87. The molecule has 0 saturated heterocycles. The number of thioether (sulfide) groups is 1. The molecule has 0 saturated carbocycles. The number of ketones is 1. The quantitative estimate of drug-likeness (QED) is 0.739. The van der Waals surface area contributed by atoms with Gasteiger partial charge in [-0.3, -0.25) is 4.79 Å². The number of methoxy groups -OCH3 is 1. The van der Waals surface area contributed by atoms with E-state index in [4.69, 9.17) is 4.74 Å². The third-order valence-corrected chi connectivity index (χ3v) is 3.71. The topological polar surface area (TPSA) is 39.2 Å². The van der Waals surface area contributed by atoms with Crippen LogP contribution in [0.15, 0.2) is 6.07 Å². The van der Waals surface area contributed by atoms with Crippen molar-refractivity contribution >= 4 is 17.5 Å². The van der Waals surface area contributed by atoms with Gasteiger partial charge in [-0.25, -0.2) is 4.98 Å². The first-order chi connectivity index (χ1) is 7.72. The van der Waals surface area contributed by atoms with E-state index >= 15 is 0 Å². The zero-order chi connectivity index (χ0) is 11.5. The third kappa shape index (κ3) is 2.21. The van der Waals surface area contributed by atoms with Crippen LogP contribution in [0.2, 0.25) is 0 Å². The lowest BCUT2D eigenvalue weighted by Gasteiger charge is -2.10. The van der Waals surface area contributed by atoms with E-state index < -0.39 is 0 Å². The van der Waals surface area contributed by atoms with E-state index in [1.54, 1.807) is 14.0 Å². The Kier molecular flexibility index (Phi) is 3.49. The first-order valence-electron chi connectivity index (χ1n) is 5.38. The molecule has 0 atom stereocenters. The molecule has 1 aromatic rings. The standard InChI is InChI=1S/C12H15NO2S/c1-8(14)10-7-9-3-5-16-6-4-11(9)13-12(10)15-2/h7H,3-6H2,1-2H3. The molecule has 0 amide bonds. The van der Waals surface area contributed by atoms with Crippen LogP contribution in [-0.2, 0) is 12.8 Å². The number of pyridine rings is 1. The van der Waals surface area contributed by atoms with Crippen molar-refractivity contribution in [2.75, 3.05) is 18.6 Å². The number of fused-ring (bicyclic) bond motifs is 1. The lowest BCUT2D eigenvalue weighted by molar-refractivity contribution is 0.101. The second-order valence-corrected chi connectivity index (χ2v) is 5.04. The van der Waals surface area contributed by atoms with Crippen LogP contribution in [0.5, 0.6) is 5.88 Å². The maximum absolute atomic E-state index is 11.5. The van der Waals surface area contributed by atoms with Gasteiger partial charge in [-0.05, 0) is 42.9 Å². The summed E-state index contributed by atoms with van der Waals surface area (Å²) in [7, 11) is 1.56. The Balaban J connectivity index is 2.48. The minimum absolute atomic E-state index is 0.0176. The Morgan fingerprint density at radius 2 is 2.19 bits per heavy atom. The molecule has 0 aromatic carbocycles. The van der Waals surface area contributed by atoms with Crippen LogP contribution >= 0.6 is 11.8 Å². The average molecular weight is 237 g/mol. The summed E-state index contributed by atoms with van der Waals surface area (Å²) in [4.78, 5) is 15.9. The van der Waals surface area contributed by atoms with Gasteiger partial charge in [0.25, 0.3) is 0 Å². The van der Waals surface area contributed by atoms with Gasteiger partial charge in [0.2, 0.25) is 5.88 Å². The van der Waals surface area contributed by atoms with Crippen molar-refractivity contribution < 1.29 is 9.53 Å². The van der Waals surface area contributed by atoms with E-state index in [1.165, 1.54) is 5.56 Å². The van der Waals surface area contributed by atoms with Gasteiger partial charge in [-0.15, -0.1) is 0 Å². The zero-order valence-corrected chi connectivity index (χ0v) is 10.4. The van der Waals surface area contributed by atoms with Crippen molar-refractivity contribution in [3.05, 3.63) is 22.9 Å². The SMILES string of the molecule is COc1nc2c(cc1C(C)=O)CCSCC2. The lowest BCUT2D eigenvalue weighted by atomic mass is 10.0. The van der Waals surface area contributed by atoms with Crippen molar-refractivity contribution in [2.45, 2.75) is 19.8 Å². The van der Waals surface area contributed by atoms with Crippen molar-refractivity contribution in [1.82, 2.24) is 4.98 Å². The summed E-state index contributed by atoms with van der Waals surface area (Å²) in [6.07, 6.45) is 1.96. The Labute approximate surface area is 99.6 Å². The highest BCUT2D eigenvalue weighted by Gasteiger charge is 2.16. The smallest absolute Gasteiger partial charge is 0.224 e. The molecular formula is C12H15NO2S. The molecule has 1 aliphatic heterocycles. The van der Waals surface area contributed by atoms with Crippen LogP contribution in [0.4, 0.5) is 0 Å². The second-order valence-electron chi connectivity index (χ2n) is 3.82. The average Bonchev–Trinajstić information content (AvgIpc) is 2.51. The number of ether oxygens (including phenoxy) is 1. The van der Waals surface area contributed by atoms with Gasteiger partial charge in [0.1, 0.15) is 0 Å². The number of nitrogens with zero attached hydrogens (tertiary/aromatic N) is 1. The van der Waals surface area contributed by atoms with E-state index in [9.17, 15) is 4.79 Å². The summed E-state index contributed by atoms with van der Waals surface area (Å²) in [6, 6.07) is 1.95. The largest absolute Gasteiger partial charge is 0.480 e. The highest BCUT2D eigenvalue weighted by Crippen LogP contribution is 2.25. The fourth-order valence-electron chi connectivity index (χ4n) is 1.87. The summed E-state index contributed by atoms with van der Waals surface area (Å²) < 4.78 is 5.17. The highest BCUT2D eigenvalue weighted by atomic mass is 32.2. The normalized spacial score (nSPS) is 15.1. The molecule has 0 fully saturated rings. The molecule has 0 spiro atoms. The predicted octanol–water partition coefficient (Wildman–Crippen LogP) is 2.12. The minimum Gasteiger partial charge on any atom is -0.480 e. The molecule has 0 aliphatic carbocycles. The van der Waals surface area contributed by atoms with Gasteiger partial charge >= 0.3 is 0 Å². The number of rotatable bonds is 2. The summed E-state index contributed by atoms with van der Waals surface area (Å²) in [5.41, 5.74) is 2.90. The summed E-state index contributed by atoms with van der Waals surface area (Å²) >= 11 is 1.93. The molecule has 2 heterocycles. The zero-order valence-electron chi connectivity index (χ0n) is 9.58. The van der Waals surface area contributed by atoms with E-state index in [-0.39, 0.29) is 5.78 Å². The monoisotopic (exact) mass is 237 g/mol. The number of carbonyl (C=O) groups excluding carboxylic acids is 1. The van der Waals surface area contributed by atoms with Gasteiger partial charge in [-0.1, -0.05) is 0 Å². The molecule has 1 aliphatic rings. The fourth-order valence-corrected chi connectivity index (χ4v) is 2.77. The van der Waals surface area contributed by atoms with Gasteiger partial charge in [0.05, 0.1) is 12.7 Å². The highest BCUT2D eigenvalue weighted by molar-refractivity contribution is 7.99. The Morgan fingerprint density at radius 1 is 1.44 bits per heavy atom. The van der Waals surface area contributed by atoms with Gasteiger partial charge in [-0.2, -0.15) is 11.8 Å². The molecule has 0 radical (unpaired) electrons. The van der Waals surface area contributed by atoms with E-state index in [2.05, 4.69) is 4.98 Å². The van der Waals surface area contributed by atoms with Gasteiger partial charge in [0.15, 0.2) is 5.78 Å². The molecule has 4 heteroatoms. The lowest BCUT2D eigenvalue weighted by Crippen LogP contribution is -2.06. The van der Waals surface area contributed by atoms with Crippen LogP contribution in [0.1, 0.15) is 28.5 Å². The van der Waals surface area contributed by atoms with Gasteiger partial charge < -0.3 is 4.74 Å². The predicted molar refractivity (Wildman–Crippen MR) is 65.5 cm³/mol. The van der Waals surface area contributed by atoms with Crippen molar-refractivity contribution in [2.24, 2.45) is 0 Å². The third-order valence-electron chi connectivity index (χ3n) is 2.73. The number of carbonyl (C=O) groups is 1. The maximum atomic E-state index is 11.5. The molecule has 1 aromatic heterocycles. The molecule has 3 nitrogen and oxygen atoms in total. The van der Waals surface area contributed by atoms with Crippen molar-refractivity contribution in [3.63, 3.8) is 0 Å². The number of Topliss-reactive ketones (excluding diaryl/α,β-unsaturated/α-hetero) is 1. The van der Waals surface area contributed by atoms with Crippen LogP contribution in [0, 0.1) is 0 Å². The molecule has 16 heavy (non-hydrogen) atoms. The molecule has 0 unspecified atom stereocenters. The Bertz CT molecular complexity index is 418. The molecular weight excluding hydrogens is 222 g/mol. The van der Waals surface area contributed by atoms with Crippen molar-refractivity contribution in [1.29, 1.82) is 0 Å². The first kappa shape index (κ1) is 11.5. The maximum Gasteiger partial charge on any atom is 0.224 e. The number of hydrogen-bond acceptors (Lipinski definition) is 4. The van der Waals surface area contributed by atoms with Crippen LogP contribution in [0.25, 0.3) is 0 Å². The van der Waals surface area contributed by atoms with E-state index in [1.807, 2.05) is 17.8 Å². The summed E-state index contributed by atoms with van der Waals surface area (Å²) in [5, 5.41) is 0. The Hall–Kier alpha value is -1.03. The minimum atomic E-state index is 0.0176. The molecule has 0 bridgehead atoms. The summed E-state index contributed by atoms with van der Waals surface area (Å²) in [6.45, 7) is 1.55.